The van der Waals surface area contributed by atoms with E-state index in [2.05, 4.69) is 181 Å². The van der Waals surface area contributed by atoms with E-state index in [-0.39, 0.29) is 0 Å². The number of rotatable bonds is 16. The summed E-state index contributed by atoms with van der Waals surface area (Å²) in [5.41, 5.74) is 17.1. The van der Waals surface area contributed by atoms with Gasteiger partial charge >= 0.3 is 0 Å². The maximum Gasteiger partial charge on any atom is 0.146 e. The highest BCUT2D eigenvalue weighted by molar-refractivity contribution is 6.91. The molecule has 0 saturated carbocycles. The standard InChI is InChI=1S/C56H78Si2/c1-15-17-19-21-23-45-25-27-47-35-53-52(30-32-58(42(9)10,43(11)12)44(13)14)56-38-50-34-46(24-22-20-18-16-2)26-28-48(50)36-54(56)51(55(53)37-49(47)33-45)29-31-57(39(3)4,40(5)6)41(7)8/h25-28,33-44H,15-24H2,1-14H3. The van der Waals surface area contributed by atoms with Gasteiger partial charge in [0.1, 0.15) is 16.1 Å². The molecule has 0 nitrogen and oxygen atoms in total. The fourth-order valence-electron chi connectivity index (χ4n) is 11.1. The minimum Gasteiger partial charge on any atom is -0.125 e. The minimum atomic E-state index is -2.02. The van der Waals surface area contributed by atoms with Gasteiger partial charge in [-0.1, -0.05) is 184 Å². The summed E-state index contributed by atoms with van der Waals surface area (Å²) in [4.78, 5) is 0. The Kier molecular flexibility index (Phi) is 15.7. The summed E-state index contributed by atoms with van der Waals surface area (Å²) < 4.78 is 0. The third kappa shape index (κ3) is 9.35. The van der Waals surface area contributed by atoms with Gasteiger partial charge in [0.2, 0.25) is 0 Å². The van der Waals surface area contributed by atoms with Crippen LogP contribution in [0.15, 0.2) is 60.7 Å². The Morgan fingerprint density at radius 2 is 0.690 bits per heavy atom. The first-order chi connectivity index (χ1) is 27.6. The molecule has 0 aliphatic heterocycles. The molecular formula is C56H78Si2. The van der Waals surface area contributed by atoms with Crippen LogP contribution in [-0.2, 0) is 12.8 Å². The monoisotopic (exact) mass is 807 g/mol. The highest BCUT2D eigenvalue weighted by Gasteiger charge is 2.43. The summed E-state index contributed by atoms with van der Waals surface area (Å²) in [6.07, 6.45) is 12.5. The molecule has 5 rings (SSSR count). The number of hydrogen-bond acceptors (Lipinski definition) is 0. The predicted octanol–water partition coefficient (Wildman–Crippen LogP) is 17.7. The van der Waals surface area contributed by atoms with E-state index in [0.717, 1.165) is 12.8 Å². The topological polar surface area (TPSA) is 0 Å². The predicted molar refractivity (Wildman–Crippen MR) is 268 cm³/mol. The largest absolute Gasteiger partial charge is 0.146 e. The van der Waals surface area contributed by atoms with Crippen LogP contribution >= 0.6 is 0 Å². The van der Waals surface area contributed by atoms with Crippen molar-refractivity contribution in [2.75, 3.05) is 0 Å². The van der Waals surface area contributed by atoms with Crippen molar-refractivity contribution in [3.05, 3.63) is 82.9 Å². The lowest BCUT2D eigenvalue weighted by Crippen LogP contribution is -2.43. The molecule has 310 valence electrons. The SMILES string of the molecule is CCCCCCc1ccc2cc3c(C#C[Si](C(C)C)(C(C)C)C(C)C)c4cc5cc(CCCCCC)ccc5cc4c(C#C[Si](C(C)C)(C(C)C)C(C)C)c3cc2c1. The van der Waals surface area contributed by atoms with Crippen molar-refractivity contribution in [2.45, 2.75) is 194 Å². The summed E-state index contributed by atoms with van der Waals surface area (Å²) in [5, 5.41) is 10.3. The molecule has 0 bridgehead atoms. The van der Waals surface area contributed by atoms with Crippen LogP contribution in [0, 0.1) is 22.9 Å². The van der Waals surface area contributed by atoms with Crippen molar-refractivity contribution in [1.82, 2.24) is 0 Å². The molecule has 0 fully saturated rings. The average molecular weight is 807 g/mol. The molecular weight excluding hydrogens is 729 g/mol. The fourth-order valence-corrected chi connectivity index (χ4v) is 21.5. The number of hydrogen-bond donors (Lipinski definition) is 0. The molecule has 0 radical (unpaired) electrons. The lowest BCUT2D eigenvalue weighted by Gasteiger charge is -2.38. The number of unbranched alkanes of at least 4 members (excludes halogenated alkanes) is 6. The van der Waals surface area contributed by atoms with Crippen LogP contribution in [0.1, 0.15) is 171 Å². The van der Waals surface area contributed by atoms with Gasteiger partial charge < -0.3 is 0 Å². The van der Waals surface area contributed by atoms with Gasteiger partial charge in [-0.3, -0.25) is 0 Å². The molecule has 0 spiro atoms. The van der Waals surface area contributed by atoms with Gasteiger partial charge in [0.15, 0.2) is 0 Å². The van der Waals surface area contributed by atoms with Gasteiger partial charge in [0, 0.05) is 11.1 Å². The van der Waals surface area contributed by atoms with Gasteiger partial charge in [-0.25, -0.2) is 0 Å². The Morgan fingerprint density at radius 1 is 0.379 bits per heavy atom. The molecule has 0 aliphatic rings. The van der Waals surface area contributed by atoms with E-state index in [1.54, 1.807) is 0 Å². The molecule has 0 unspecified atom stereocenters. The van der Waals surface area contributed by atoms with Crippen molar-refractivity contribution < 1.29 is 0 Å². The van der Waals surface area contributed by atoms with Crippen molar-refractivity contribution in [2.24, 2.45) is 0 Å². The third-order valence-electron chi connectivity index (χ3n) is 14.3. The van der Waals surface area contributed by atoms with Crippen molar-refractivity contribution >= 4 is 59.2 Å². The maximum absolute atomic E-state index is 4.20. The Morgan fingerprint density at radius 3 is 0.983 bits per heavy atom. The summed E-state index contributed by atoms with van der Waals surface area (Å²) in [7, 11) is -4.05. The zero-order valence-electron chi connectivity index (χ0n) is 39.3. The second kappa shape index (κ2) is 19.8. The molecule has 0 aliphatic carbocycles. The van der Waals surface area contributed by atoms with Crippen molar-refractivity contribution in [3.63, 3.8) is 0 Å². The number of fused-ring (bicyclic) bond motifs is 4. The lowest BCUT2D eigenvalue weighted by molar-refractivity contribution is 0.667. The number of aryl methyl sites for hydroxylation is 2. The molecule has 5 aromatic carbocycles. The minimum absolute atomic E-state index is 0.566. The molecule has 5 aromatic rings. The fraction of sp³-hybridized carbons (Fsp3) is 0.536. The molecule has 0 saturated heterocycles. The van der Waals surface area contributed by atoms with E-state index in [1.165, 1.54) is 117 Å². The van der Waals surface area contributed by atoms with Crippen molar-refractivity contribution in [3.8, 4) is 22.9 Å². The smallest absolute Gasteiger partial charge is 0.125 e. The molecule has 0 N–H and O–H groups in total. The second-order valence-corrected chi connectivity index (χ2v) is 31.0. The van der Waals surface area contributed by atoms with Crippen LogP contribution in [0.4, 0.5) is 0 Å². The Labute approximate surface area is 357 Å². The molecule has 58 heavy (non-hydrogen) atoms. The maximum atomic E-state index is 4.20. The van der Waals surface area contributed by atoms with Crippen LogP contribution < -0.4 is 0 Å². The first kappa shape index (κ1) is 45.8. The normalized spacial score (nSPS) is 12.6. The van der Waals surface area contributed by atoms with Gasteiger partial charge in [0.05, 0.1) is 0 Å². The Bertz CT molecular complexity index is 2100. The summed E-state index contributed by atoms with van der Waals surface area (Å²) in [6, 6.07) is 24.4. The van der Waals surface area contributed by atoms with Crippen LogP contribution in [-0.4, -0.2) is 16.1 Å². The van der Waals surface area contributed by atoms with E-state index in [9.17, 15) is 0 Å². The van der Waals surface area contributed by atoms with Gasteiger partial charge in [-0.2, -0.15) is 0 Å². The Hall–Kier alpha value is -3.31. The van der Waals surface area contributed by atoms with E-state index < -0.39 is 16.1 Å². The van der Waals surface area contributed by atoms with Crippen molar-refractivity contribution in [1.29, 1.82) is 0 Å². The molecule has 0 aromatic heterocycles. The zero-order chi connectivity index (χ0) is 42.4. The highest BCUT2D eigenvalue weighted by atomic mass is 28.3. The molecule has 0 atom stereocenters. The van der Waals surface area contributed by atoms with E-state index in [0.29, 0.717) is 33.2 Å². The van der Waals surface area contributed by atoms with E-state index >= 15 is 0 Å². The number of benzene rings is 5. The van der Waals surface area contributed by atoms with Gasteiger partial charge in [-0.15, -0.1) is 11.1 Å². The van der Waals surface area contributed by atoms with Crippen LogP contribution in [0.25, 0.3) is 43.1 Å². The molecule has 0 amide bonds. The van der Waals surface area contributed by atoms with E-state index in [1.807, 2.05) is 0 Å². The third-order valence-corrected chi connectivity index (χ3v) is 26.9. The van der Waals surface area contributed by atoms with Crippen LogP contribution in [0.5, 0.6) is 0 Å². The first-order valence-corrected chi connectivity index (χ1v) is 28.0. The van der Waals surface area contributed by atoms with E-state index in [4.69, 9.17) is 0 Å². The van der Waals surface area contributed by atoms with Gasteiger partial charge in [-0.05, 0) is 137 Å². The summed E-state index contributed by atoms with van der Waals surface area (Å²) >= 11 is 0. The van der Waals surface area contributed by atoms with Crippen LogP contribution in [0.3, 0.4) is 0 Å². The summed E-state index contributed by atoms with van der Waals surface area (Å²) in [6.45, 7) is 33.8. The summed E-state index contributed by atoms with van der Waals surface area (Å²) in [5.74, 6) is 8.17. The van der Waals surface area contributed by atoms with Crippen LogP contribution in [0.2, 0.25) is 33.2 Å². The lowest BCUT2D eigenvalue weighted by atomic mass is 9.88. The Balaban J connectivity index is 1.95. The quantitative estimate of drug-likeness (QED) is 0.0403. The zero-order valence-corrected chi connectivity index (χ0v) is 41.3. The first-order valence-electron chi connectivity index (χ1n) is 23.6. The highest BCUT2D eigenvalue weighted by Crippen LogP contribution is 2.44. The molecule has 2 heteroatoms. The second-order valence-electron chi connectivity index (χ2n) is 19.8. The average Bonchev–Trinajstić information content (AvgIpc) is 3.16. The van der Waals surface area contributed by atoms with Gasteiger partial charge in [0.25, 0.3) is 0 Å². The molecule has 0 heterocycles.